The maximum Gasteiger partial charge on any atom is 0.187 e. The van der Waals surface area contributed by atoms with Gasteiger partial charge in [-0.15, -0.1) is 11.3 Å². The SMILES string of the molecule is COc1ccc(C2=NN(C(N)=S)C(c3cccs3)C2)cc1. The molecule has 1 aromatic carbocycles. The molecule has 1 aliphatic heterocycles. The molecule has 21 heavy (non-hydrogen) atoms. The van der Waals surface area contributed by atoms with Crippen LogP contribution in [0.5, 0.6) is 5.75 Å². The zero-order valence-electron chi connectivity index (χ0n) is 11.5. The number of thiophene rings is 1. The average molecular weight is 317 g/mol. The van der Waals surface area contributed by atoms with E-state index >= 15 is 0 Å². The number of hydrazone groups is 1. The van der Waals surface area contributed by atoms with Crippen molar-refractivity contribution < 1.29 is 4.74 Å². The van der Waals surface area contributed by atoms with Gasteiger partial charge in [0.25, 0.3) is 0 Å². The van der Waals surface area contributed by atoms with Gasteiger partial charge in [0.15, 0.2) is 5.11 Å². The summed E-state index contributed by atoms with van der Waals surface area (Å²) in [6, 6.07) is 12.1. The maximum atomic E-state index is 5.82. The normalized spacial score (nSPS) is 17.7. The number of ether oxygens (including phenoxy) is 1. The smallest absolute Gasteiger partial charge is 0.187 e. The van der Waals surface area contributed by atoms with E-state index in [0.29, 0.717) is 5.11 Å². The van der Waals surface area contributed by atoms with Crippen molar-refractivity contribution in [3.8, 4) is 5.75 Å². The Morgan fingerprint density at radius 2 is 2.14 bits per heavy atom. The fraction of sp³-hybridized carbons (Fsp3) is 0.200. The number of rotatable bonds is 3. The van der Waals surface area contributed by atoms with Crippen molar-refractivity contribution in [2.24, 2.45) is 10.8 Å². The first-order chi connectivity index (χ1) is 10.2. The minimum Gasteiger partial charge on any atom is -0.497 e. The van der Waals surface area contributed by atoms with Crippen LogP contribution in [0, 0.1) is 0 Å². The van der Waals surface area contributed by atoms with Crippen LogP contribution in [0.25, 0.3) is 0 Å². The van der Waals surface area contributed by atoms with Crippen LogP contribution in [0.4, 0.5) is 0 Å². The van der Waals surface area contributed by atoms with Crippen molar-refractivity contribution in [1.29, 1.82) is 0 Å². The number of methoxy groups -OCH3 is 1. The molecule has 2 N–H and O–H groups in total. The van der Waals surface area contributed by atoms with E-state index in [1.54, 1.807) is 23.5 Å². The van der Waals surface area contributed by atoms with E-state index in [9.17, 15) is 0 Å². The lowest BCUT2D eigenvalue weighted by Gasteiger charge is -2.20. The van der Waals surface area contributed by atoms with Crippen LogP contribution >= 0.6 is 23.6 Å². The van der Waals surface area contributed by atoms with Gasteiger partial charge in [0.1, 0.15) is 5.75 Å². The first-order valence-electron chi connectivity index (χ1n) is 6.53. The molecule has 0 aliphatic carbocycles. The van der Waals surface area contributed by atoms with Crippen LogP contribution in [0.3, 0.4) is 0 Å². The summed E-state index contributed by atoms with van der Waals surface area (Å²) < 4.78 is 5.18. The third-order valence-corrected chi connectivity index (χ3v) is 4.59. The summed E-state index contributed by atoms with van der Waals surface area (Å²) >= 11 is 6.82. The molecule has 108 valence electrons. The molecule has 0 spiro atoms. The lowest BCUT2D eigenvalue weighted by atomic mass is 10.0. The van der Waals surface area contributed by atoms with E-state index in [1.165, 1.54) is 4.88 Å². The van der Waals surface area contributed by atoms with Gasteiger partial charge in [-0.25, -0.2) is 5.01 Å². The van der Waals surface area contributed by atoms with E-state index in [4.69, 9.17) is 22.7 Å². The van der Waals surface area contributed by atoms with Crippen LogP contribution in [0.15, 0.2) is 46.9 Å². The van der Waals surface area contributed by atoms with Gasteiger partial charge in [-0.05, 0) is 53.5 Å². The Kier molecular flexibility index (Phi) is 3.90. The summed E-state index contributed by atoms with van der Waals surface area (Å²) in [6.45, 7) is 0. The number of nitrogens with two attached hydrogens (primary N) is 1. The lowest BCUT2D eigenvalue weighted by molar-refractivity contribution is 0.378. The second kappa shape index (κ2) is 5.83. The second-order valence-electron chi connectivity index (χ2n) is 4.69. The van der Waals surface area contributed by atoms with E-state index in [2.05, 4.69) is 16.5 Å². The zero-order chi connectivity index (χ0) is 14.8. The molecule has 0 radical (unpaired) electrons. The molecular weight excluding hydrogens is 302 g/mol. The van der Waals surface area contributed by atoms with Crippen LogP contribution in [0.2, 0.25) is 0 Å². The average Bonchev–Trinajstić information content (AvgIpc) is 3.16. The van der Waals surface area contributed by atoms with Gasteiger partial charge in [0.2, 0.25) is 0 Å². The molecule has 1 unspecified atom stereocenters. The quantitative estimate of drug-likeness (QED) is 0.884. The molecule has 0 bridgehead atoms. The van der Waals surface area contributed by atoms with Crippen molar-refractivity contribution in [2.45, 2.75) is 12.5 Å². The monoisotopic (exact) mass is 317 g/mol. The molecule has 4 nitrogen and oxygen atoms in total. The Morgan fingerprint density at radius 3 is 2.71 bits per heavy atom. The molecule has 3 rings (SSSR count). The van der Waals surface area contributed by atoms with Crippen LogP contribution in [-0.2, 0) is 0 Å². The molecular formula is C15H15N3OS2. The van der Waals surface area contributed by atoms with Gasteiger partial charge < -0.3 is 10.5 Å². The fourth-order valence-electron chi connectivity index (χ4n) is 2.37. The minimum atomic E-state index is 0.0969. The largest absolute Gasteiger partial charge is 0.497 e. The standard InChI is InChI=1S/C15H15N3OS2/c1-19-11-6-4-10(5-7-11)12-9-13(14-3-2-8-21-14)18(17-12)15(16)20/h2-8,13H,9H2,1H3,(H2,16,20). The molecule has 0 amide bonds. The third-order valence-electron chi connectivity index (χ3n) is 3.43. The predicted molar refractivity (Wildman–Crippen MR) is 89.8 cm³/mol. The van der Waals surface area contributed by atoms with Crippen LogP contribution in [-0.4, -0.2) is 22.9 Å². The Balaban J connectivity index is 1.89. The number of thiocarbonyl (C=S) groups is 1. The molecule has 6 heteroatoms. The molecule has 1 aromatic heterocycles. The van der Waals surface area contributed by atoms with E-state index < -0.39 is 0 Å². The molecule has 1 atom stereocenters. The highest BCUT2D eigenvalue weighted by Gasteiger charge is 2.31. The van der Waals surface area contributed by atoms with Crippen molar-refractivity contribution in [3.05, 3.63) is 52.2 Å². The summed E-state index contributed by atoms with van der Waals surface area (Å²) in [5.74, 6) is 0.832. The maximum absolute atomic E-state index is 5.82. The van der Waals surface area contributed by atoms with Crippen LogP contribution in [0.1, 0.15) is 22.9 Å². The van der Waals surface area contributed by atoms with Gasteiger partial charge >= 0.3 is 0 Å². The van der Waals surface area contributed by atoms with E-state index in [1.807, 2.05) is 30.3 Å². The van der Waals surface area contributed by atoms with E-state index in [-0.39, 0.29) is 6.04 Å². The van der Waals surface area contributed by atoms with Crippen molar-refractivity contribution in [2.75, 3.05) is 7.11 Å². The summed E-state index contributed by atoms with van der Waals surface area (Å²) in [5.41, 5.74) is 7.87. The number of benzene rings is 1. The number of hydrogen-bond donors (Lipinski definition) is 1. The highest BCUT2D eigenvalue weighted by atomic mass is 32.1. The molecule has 2 aromatic rings. The first kappa shape index (κ1) is 14.0. The Labute approximate surface area is 132 Å². The summed E-state index contributed by atoms with van der Waals surface area (Å²) in [6.07, 6.45) is 0.796. The highest BCUT2D eigenvalue weighted by Crippen LogP contribution is 2.35. The zero-order valence-corrected chi connectivity index (χ0v) is 13.2. The summed E-state index contributed by atoms with van der Waals surface area (Å²) in [4.78, 5) is 1.22. The number of nitrogens with zero attached hydrogens (tertiary/aromatic N) is 2. The lowest BCUT2D eigenvalue weighted by Crippen LogP contribution is -2.31. The fourth-order valence-corrected chi connectivity index (χ4v) is 3.35. The van der Waals surface area contributed by atoms with Gasteiger partial charge in [0.05, 0.1) is 18.9 Å². The summed E-state index contributed by atoms with van der Waals surface area (Å²) in [5, 5.41) is 8.69. The third kappa shape index (κ3) is 2.77. The minimum absolute atomic E-state index is 0.0969. The highest BCUT2D eigenvalue weighted by molar-refractivity contribution is 7.80. The number of hydrogen-bond acceptors (Lipinski definition) is 4. The molecule has 0 saturated heterocycles. The summed E-state index contributed by atoms with van der Waals surface area (Å²) in [7, 11) is 1.66. The molecule has 0 saturated carbocycles. The van der Waals surface area contributed by atoms with Crippen LogP contribution < -0.4 is 10.5 Å². The van der Waals surface area contributed by atoms with Gasteiger partial charge in [-0.3, -0.25) is 0 Å². The Morgan fingerprint density at radius 1 is 1.38 bits per heavy atom. The van der Waals surface area contributed by atoms with Crippen molar-refractivity contribution in [1.82, 2.24) is 5.01 Å². The van der Waals surface area contributed by atoms with Gasteiger partial charge in [-0.1, -0.05) is 6.07 Å². The van der Waals surface area contributed by atoms with Crippen molar-refractivity contribution >= 4 is 34.4 Å². The van der Waals surface area contributed by atoms with Gasteiger partial charge in [-0.2, -0.15) is 5.10 Å². The Bertz CT molecular complexity index is 665. The predicted octanol–water partition coefficient (Wildman–Crippen LogP) is 3.15. The second-order valence-corrected chi connectivity index (χ2v) is 6.09. The molecule has 0 fully saturated rings. The molecule has 1 aliphatic rings. The topological polar surface area (TPSA) is 50.8 Å². The first-order valence-corrected chi connectivity index (χ1v) is 7.82. The van der Waals surface area contributed by atoms with Gasteiger partial charge in [0, 0.05) is 11.3 Å². The van der Waals surface area contributed by atoms with Crippen molar-refractivity contribution in [3.63, 3.8) is 0 Å². The Hall–Kier alpha value is -1.92. The molecule has 2 heterocycles. The van der Waals surface area contributed by atoms with E-state index in [0.717, 1.165) is 23.4 Å².